The third-order valence-corrected chi connectivity index (χ3v) is 2.55. The molecule has 0 atom stereocenters. The van der Waals surface area contributed by atoms with Crippen molar-refractivity contribution in [1.29, 1.82) is 0 Å². The summed E-state index contributed by atoms with van der Waals surface area (Å²) in [6.07, 6.45) is 0. The van der Waals surface area contributed by atoms with E-state index in [0.29, 0.717) is 5.58 Å². The van der Waals surface area contributed by atoms with Crippen LogP contribution in [0.25, 0.3) is 11.0 Å². The molecule has 2 rings (SSSR count). The van der Waals surface area contributed by atoms with E-state index in [-0.39, 0.29) is 11.6 Å². The van der Waals surface area contributed by atoms with E-state index in [1.54, 1.807) is 12.1 Å². The molecule has 4 nitrogen and oxygen atoms in total. The number of benzene rings is 1. The van der Waals surface area contributed by atoms with Gasteiger partial charge in [0.1, 0.15) is 11.1 Å². The Morgan fingerprint density at radius 3 is 2.67 bits per heavy atom. The maximum Gasteiger partial charge on any atom is 0.349 e. The van der Waals surface area contributed by atoms with E-state index in [4.69, 9.17) is 4.42 Å². The number of nitrogens with one attached hydrogen (secondary N) is 1. The molecule has 0 radical (unpaired) electrons. The Bertz CT molecular complexity index is 656. The quantitative estimate of drug-likeness (QED) is 0.825. The molecule has 1 N–H and O–H groups in total. The zero-order chi connectivity index (χ0) is 13.3. The Labute approximate surface area is 105 Å². The number of rotatable bonds is 2. The molecule has 1 amide bonds. The van der Waals surface area contributed by atoms with E-state index >= 15 is 0 Å². The van der Waals surface area contributed by atoms with Crippen molar-refractivity contribution in [3.63, 3.8) is 0 Å². The molecule has 94 valence electrons. The second-order valence-electron chi connectivity index (χ2n) is 4.62. The highest BCUT2D eigenvalue weighted by molar-refractivity contribution is 5.96. The standard InChI is InChI=1S/C14H15NO3/c1-8(2)15-13(16)11-7-10-6-9(3)4-5-12(10)18-14(11)17/h4-8H,1-3H3,(H,15,16). The molecular formula is C14H15NO3. The molecule has 0 spiro atoms. The minimum Gasteiger partial charge on any atom is -0.422 e. The van der Waals surface area contributed by atoms with Gasteiger partial charge in [-0.1, -0.05) is 11.6 Å². The summed E-state index contributed by atoms with van der Waals surface area (Å²) >= 11 is 0. The molecule has 1 heterocycles. The van der Waals surface area contributed by atoms with E-state index < -0.39 is 11.5 Å². The van der Waals surface area contributed by atoms with E-state index in [0.717, 1.165) is 10.9 Å². The summed E-state index contributed by atoms with van der Waals surface area (Å²) in [5.74, 6) is -0.401. The van der Waals surface area contributed by atoms with E-state index in [1.807, 2.05) is 32.9 Å². The van der Waals surface area contributed by atoms with E-state index in [1.165, 1.54) is 0 Å². The van der Waals surface area contributed by atoms with Crippen LogP contribution in [0.3, 0.4) is 0 Å². The smallest absolute Gasteiger partial charge is 0.349 e. The van der Waals surface area contributed by atoms with Crippen LogP contribution in [0.4, 0.5) is 0 Å². The number of aryl methyl sites for hydroxylation is 1. The van der Waals surface area contributed by atoms with Crippen LogP contribution in [0.2, 0.25) is 0 Å². The highest BCUT2D eigenvalue weighted by Crippen LogP contribution is 2.15. The van der Waals surface area contributed by atoms with Crippen LogP contribution in [0, 0.1) is 6.92 Å². The van der Waals surface area contributed by atoms with Gasteiger partial charge in [-0.05, 0) is 39.0 Å². The van der Waals surface area contributed by atoms with Crippen molar-refractivity contribution in [3.05, 3.63) is 45.8 Å². The van der Waals surface area contributed by atoms with Gasteiger partial charge in [0.15, 0.2) is 0 Å². The van der Waals surface area contributed by atoms with Gasteiger partial charge in [-0.25, -0.2) is 4.79 Å². The normalized spacial score (nSPS) is 10.9. The van der Waals surface area contributed by atoms with Crippen LogP contribution in [0.1, 0.15) is 29.8 Å². The maximum atomic E-state index is 11.8. The summed E-state index contributed by atoms with van der Waals surface area (Å²) in [5, 5.41) is 3.43. The SMILES string of the molecule is Cc1ccc2oc(=O)c(C(=O)NC(C)C)cc2c1. The van der Waals surface area contributed by atoms with Gasteiger partial charge < -0.3 is 9.73 Å². The molecule has 1 aromatic heterocycles. The molecule has 0 unspecified atom stereocenters. The summed E-state index contributed by atoms with van der Waals surface area (Å²) in [6.45, 7) is 5.62. The molecule has 0 saturated carbocycles. The predicted molar refractivity (Wildman–Crippen MR) is 69.8 cm³/mol. The lowest BCUT2D eigenvalue weighted by atomic mass is 10.1. The van der Waals surface area contributed by atoms with Crippen LogP contribution >= 0.6 is 0 Å². The van der Waals surface area contributed by atoms with Crippen molar-refractivity contribution in [3.8, 4) is 0 Å². The van der Waals surface area contributed by atoms with E-state index in [9.17, 15) is 9.59 Å². The van der Waals surface area contributed by atoms with Gasteiger partial charge in [-0.3, -0.25) is 4.79 Å². The maximum absolute atomic E-state index is 11.8. The molecule has 0 fully saturated rings. The zero-order valence-corrected chi connectivity index (χ0v) is 10.6. The highest BCUT2D eigenvalue weighted by atomic mass is 16.4. The van der Waals surface area contributed by atoms with Gasteiger partial charge in [-0.2, -0.15) is 0 Å². The predicted octanol–water partition coefficient (Wildman–Crippen LogP) is 2.24. The molecule has 2 aromatic rings. The molecule has 1 aromatic carbocycles. The van der Waals surface area contributed by atoms with Crippen molar-refractivity contribution in [2.75, 3.05) is 0 Å². The fourth-order valence-corrected chi connectivity index (χ4v) is 1.74. The first-order valence-electron chi connectivity index (χ1n) is 5.83. The zero-order valence-electron chi connectivity index (χ0n) is 10.6. The Hall–Kier alpha value is -2.10. The summed E-state index contributed by atoms with van der Waals surface area (Å²) in [6, 6.07) is 7.02. The monoisotopic (exact) mass is 245 g/mol. The second-order valence-corrected chi connectivity index (χ2v) is 4.62. The third kappa shape index (κ3) is 2.42. The van der Waals surface area contributed by atoms with Crippen LogP contribution in [0.5, 0.6) is 0 Å². The average Bonchev–Trinajstić information content (AvgIpc) is 2.27. The summed E-state index contributed by atoms with van der Waals surface area (Å²) in [4.78, 5) is 23.5. The summed E-state index contributed by atoms with van der Waals surface area (Å²) in [5.41, 5.74) is 0.976. The van der Waals surface area contributed by atoms with Crippen molar-refractivity contribution >= 4 is 16.9 Å². The number of amides is 1. The van der Waals surface area contributed by atoms with Crippen LogP contribution in [-0.4, -0.2) is 11.9 Å². The number of fused-ring (bicyclic) bond motifs is 1. The van der Waals surface area contributed by atoms with E-state index in [2.05, 4.69) is 5.32 Å². The van der Waals surface area contributed by atoms with Gasteiger partial charge in [0.05, 0.1) is 0 Å². The number of hydrogen-bond donors (Lipinski definition) is 1. The van der Waals surface area contributed by atoms with Crippen molar-refractivity contribution in [2.24, 2.45) is 0 Å². The Kier molecular flexibility index (Phi) is 3.19. The largest absolute Gasteiger partial charge is 0.422 e. The molecule has 0 bridgehead atoms. The Morgan fingerprint density at radius 1 is 1.28 bits per heavy atom. The first-order chi connectivity index (χ1) is 8.47. The summed E-state index contributed by atoms with van der Waals surface area (Å²) in [7, 11) is 0. The number of carbonyl (C=O) groups excluding carboxylic acids is 1. The molecule has 4 heteroatoms. The number of hydrogen-bond acceptors (Lipinski definition) is 3. The molecular weight excluding hydrogens is 230 g/mol. The fourth-order valence-electron chi connectivity index (χ4n) is 1.74. The lowest BCUT2D eigenvalue weighted by molar-refractivity contribution is 0.0939. The van der Waals surface area contributed by atoms with Crippen molar-refractivity contribution < 1.29 is 9.21 Å². The molecule has 0 aliphatic rings. The first-order valence-corrected chi connectivity index (χ1v) is 5.83. The molecule has 0 saturated heterocycles. The summed E-state index contributed by atoms with van der Waals surface area (Å²) < 4.78 is 5.13. The van der Waals surface area contributed by atoms with Gasteiger partial charge in [0.2, 0.25) is 0 Å². The van der Waals surface area contributed by atoms with Gasteiger partial charge >= 0.3 is 5.63 Å². The highest BCUT2D eigenvalue weighted by Gasteiger charge is 2.14. The lowest BCUT2D eigenvalue weighted by Crippen LogP contribution is -2.33. The topological polar surface area (TPSA) is 59.3 Å². The first kappa shape index (κ1) is 12.4. The van der Waals surface area contributed by atoms with Gasteiger partial charge in [-0.15, -0.1) is 0 Å². The van der Waals surface area contributed by atoms with Gasteiger partial charge in [0, 0.05) is 11.4 Å². The lowest BCUT2D eigenvalue weighted by Gasteiger charge is -2.07. The number of carbonyl (C=O) groups is 1. The third-order valence-electron chi connectivity index (χ3n) is 2.55. The van der Waals surface area contributed by atoms with Crippen LogP contribution < -0.4 is 10.9 Å². The minimum absolute atomic E-state index is 0.0230. The fraction of sp³-hybridized carbons (Fsp3) is 0.286. The van der Waals surface area contributed by atoms with Crippen molar-refractivity contribution in [2.45, 2.75) is 26.8 Å². The molecule has 0 aliphatic carbocycles. The minimum atomic E-state index is -0.607. The molecule has 0 aliphatic heterocycles. The Balaban J connectivity index is 2.54. The molecule has 18 heavy (non-hydrogen) atoms. The second kappa shape index (κ2) is 4.64. The van der Waals surface area contributed by atoms with Crippen molar-refractivity contribution in [1.82, 2.24) is 5.32 Å². The average molecular weight is 245 g/mol. The van der Waals surface area contributed by atoms with Crippen LogP contribution in [0.15, 0.2) is 33.5 Å². The van der Waals surface area contributed by atoms with Gasteiger partial charge in [0.25, 0.3) is 5.91 Å². The Morgan fingerprint density at radius 2 is 2.00 bits per heavy atom. The van der Waals surface area contributed by atoms with Crippen LogP contribution in [-0.2, 0) is 0 Å².